The Morgan fingerprint density at radius 2 is 1.35 bits per heavy atom. The van der Waals surface area contributed by atoms with Crippen molar-refractivity contribution in [3.8, 4) is 0 Å². The first-order valence-electron chi connectivity index (χ1n) is 4.37. The van der Waals surface area contributed by atoms with Crippen molar-refractivity contribution in [1.82, 2.24) is 0 Å². The Balaban J connectivity index is 5.48. The van der Waals surface area contributed by atoms with Gasteiger partial charge in [-0.25, -0.2) is 4.79 Å². The van der Waals surface area contributed by atoms with Crippen molar-refractivity contribution in [3.05, 3.63) is 11.1 Å². The van der Waals surface area contributed by atoms with Crippen molar-refractivity contribution >= 4 is 17.6 Å². The maximum absolute atomic E-state index is 12.8. The average Bonchev–Trinajstić information content (AvgIpc) is 2.23. The fourth-order valence-corrected chi connectivity index (χ4v) is 0.918. The van der Waals surface area contributed by atoms with Gasteiger partial charge in [0.1, 0.15) is 5.03 Å². The number of carboxylic acids is 1. The molecule has 0 bridgehead atoms. The Kier molecular flexibility index (Phi) is 5.04. The van der Waals surface area contributed by atoms with Gasteiger partial charge >= 0.3 is 29.9 Å². The Morgan fingerprint density at radius 3 is 1.65 bits per heavy atom. The molecule has 1 N–H and O–H groups in total. The minimum atomic E-state index is -7.01. The first-order chi connectivity index (χ1) is 8.58. The summed E-state index contributed by atoms with van der Waals surface area (Å²) in [4.78, 5) is 10.1. The summed E-state index contributed by atoms with van der Waals surface area (Å²) in [6.45, 7) is 0. The molecule has 0 heterocycles. The molecule has 0 fully saturated rings. The molecule has 0 aliphatic heterocycles. The van der Waals surface area contributed by atoms with E-state index >= 15 is 0 Å². The summed E-state index contributed by atoms with van der Waals surface area (Å²) >= 11 is 4.75. The standard InChI is InChI=1S/C8H4ClF9O2/c9-3(4(19)20)1-2-5(10,11)6(12,13)7(14,15)8(16,17)18/h1H,2H2,(H,19,20). The third-order valence-corrected chi connectivity index (χ3v) is 2.27. The Bertz CT molecular complexity index is 413. The zero-order chi connectivity index (χ0) is 16.6. The molecule has 0 spiro atoms. The van der Waals surface area contributed by atoms with Gasteiger partial charge in [-0.1, -0.05) is 17.7 Å². The number of hydrogen-bond acceptors (Lipinski definition) is 1. The summed E-state index contributed by atoms with van der Waals surface area (Å²) in [7, 11) is 0. The molecule has 12 heteroatoms. The van der Waals surface area contributed by atoms with E-state index in [1.54, 1.807) is 0 Å². The van der Waals surface area contributed by atoms with Crippen LogP contribution in [-0.4, -0.2) is 35.0 Å². The van der Waals surface area contributed by atoms with Crippen molar-refractivity contribution < 1.29 is 49.4 Å². The van der Waals surface area contributed by atoms with Crippen LogP contribution in [0.15, 0.2) is 11.1 Å². The van der Waals surface area contributed by atoms with Crippen LogP contribution in [0.1, 0.15) is 6.42 Å². The summed E-state index contributed by atoms with van der Waals surface area (Å²) in [5.41, 5.74) is 0. The van der Waals surface area contributed by atoms with E-state index in [0.29, 0.717) is 0 Å². The molecule has 0 saturated carbocycles. The van der Waals surface area contributed by atoms with E-state index in [0.717, 1.165) is 0 Å². The second kappa shape index (κ2) is 5.34. The van der Waals surface area contributed by atoms with Gasteiger partial charge in [0.15, 0.2) is 0 Å². The molecule has 20 heavy (non-hydrogen) atoms. The highest BCUT2D eigenvalue weighted by Gasteiger charge is 2.81. The second-order valence-electron chi connectivity index (χ2n) is 3.41. The van der Waals surface area contributed by atoms with Crippen LogP contribution in [0.25, 0.3) is 0 Å². The Hall–Kier alpha value is -1.13. The molecule has 0 rings (SSSR count). The SMILES string of the molecule is O=C(O)C(Cl)=CCC(F)(F)C(F)(F)C(F)(F)C(F)(F)F. The van der Waals surface area contributed by atoms with Crippen molar-refractivity contribution in [3.63, 3.8) is 0 Å². The molecule has 0 radical (unpaired) electrons. The van der Waals surface area contributed by atoms with Gasteiger partial charge in [-0.15, -0.1) is 0 Å². The maximum Gasteiger partial charge on any atom is 0.460 e. The highest BCUT2D eigenvalue weighted by molar-refractivity contribution is 6.40. The predicted molar refractivity (Wildman–Crippen MR) is 47.1 cm³/mol. The summed E-state index contributed by atoms with van der Waals surface area (Å²) in [6, 6.07) is 0. The first kappa shape index (κ1) is 18.9. The lowest BCUT2D eigenvalue weighted by atomic mass is 10.0. The van der Waals surface area contributed by atoms with E-state index in [-0.39, 0.29) is 6.08 Å². The van der Waals surface area contributed by atoms with Gasteiger partial charge < -0.3 is 5.11 Å². The van der Waals surface area contributed by atoms with Crippen LogP contribution in [0, 0.1) is 0 Å². The minimum absolute atomic E-state index is 0.301. The van der Waals surface area contributed by atoms with Crippen LogP contribution in [0.5, 0.6) is 0 Å². The molecule has 118 valence electrons. The molecule has 0 unspecified atom stereocenters. The largest absolute Gasteiger partial charge is 0.477 e. The fourth-order valence-electron chi connectivity index (χ4n) is 0.841. The van der Waals surface area contributed by atoms with Crippen LogP contribution in [0.2, 0.25) is 0 Å². The quantitative estimate of drug-likeness (QED) is 0.606. The average molecular weight is 339 g/mol. The van der Waals surface area contributed by atoms with E-state index in [9.17, 15) is 44.3 Å². The van der Waals surface area contributed by atoms with E-state index in [1.165, 1.54) is 0 Å². The molecule has 0 aliphatic carbocycles. The minimum Gasteiger partial charge on any atom is -0.477 e. The van der Waals surface area contributed by atoms with Crippen LogP contribution < -0.4 is 0 Å². The number of alkyl halides is 9. The van der Waals surface area contributed by atoms with Crippen molar-refractivity contribution in [1.29, 1.82) is 0 Å². The summed E-state index contributed by atoms with van der Waals surface area (Å²) in [5, 5.41) is 6.68. The predicted octanol–water partition coefficient (Wildman–Crippen LogP) is 4.05. The lowest BCUT2D eigenvalue weighted by Crippen LogP contribution is -2.60. The fraction of sp³-hybridized carbons (Fsp3) is 0.625. The normalized spacial score (nSPS) is 15.4. The third kappa shape index (κ3) is 3.30. The lowest BCUT2D eigenvalue weighted by Gasteiger charge is -2.33. The molecular weight excluding hydrogens is 335 g/mol. The second-order valence-corrected chi connectivity index (χ2v) is 3.82. The molecule has 0 aromatic carbocycles. The molecule has 0 atom stereocenters. The summed E-state index contributed by atoms with van der Waals surface area (Å²) in [6.07, 6.45) is -9.64. The number of rotatable bonds is 5. The van der Waals surface area contributed by atoms with Gasteiger partial charge in [-0.3, -0.25) is 0 Å². The van der Waals surface area contributed by atoms with Crippen LogP contribution in [0.3, 0.4) is 0 Å². The highest BCUT2D eigenvalue weighted by Crippen LogP contribution is 2.54. The number of allylic oxidation sites excluding steroid dienone is 1. The number of carboxylic acid groups (broad SMARTS) is 1. The maximum atomic E-state index is 12.8. The van der Waals surface area contributed by atoms with Crippen molar-refractivity contribution in [2.75, 3.05) is 0 Å². The summed E-state index contributed by atoms with van der Waals surface area (Å²) in [5.74, 6) is -21.7. The number of aliphatic carboxylic acids is 1. The first-order valence-corrected chi connectivity index (χ1v) is 4.75. The number of hydrogen-bond donors (Lipinski definition) is 1. The molecule has 0 saturated heterocycles. The van der Waals surface area contributed by atoms with Gasteiger partial charge in [0.25, 0.3) is 0 Å². The van der Waals surface area contributed by atoms with E-state index < -0.39 is 41.4 Å². The van der Waals surface area contributed by atoms with Gasteiger partial charge in [0.05, 0.1) is 0 Å². The Labute approximate surface area is 109 Å². The number of carbonyl (C=O) groups is 1. The molecular formula is C8H4ClF9O2. The molecule has 2 nitrogen and oxygen atoms in total. The lowest BCUT2D eigenvalue weighted by molar-refractivity contribution is -0.395. The van der Waals surface area contributed by atoms with E-state index in [4.69, 9.17) is 16.7 Å². The molecule has 0 amide bonds. The molecule has 0 aromatic rings. The van der Waals surface area contributed by atoms with Gasteiger partial charge in [0, 0.05) is 6.42 Å². The molecule has 0 aromatic heterocycles. The molecule has 0 aliphatic rings. The van der Waals surface area contributed by atoms with Crippen LogP contribution >= 0.6 is 11.6 Å². The van der Waals surface area contributed by atoms with Gasteiger partial charge in [0.2, 0.25) is 0 Å². The summed E-state index contributed by atoms with van der Waals surface area (Å²) < 4.78 is 111. The van der Waals surface area contributed by atoms with E-state index in [2.05, 4.69) is 0 Å². The monoisotopic (exact) mass is 338 g/mol. The highest BCUT2D eigenvalue weighted by atomic mass is 35.5. The third-order valence-electron chi connectivity index (χ3n) is 1.95. The zero-order valence-corrected chi connectivity index (χ0v) is 9.68. The number of halogens is 10. The van der Waals surface area contributed by atoms with Crippen LogP contribution in [0.4, 0.5) is 39.5 Å². The zero-order valence-electron chi connectivity index (χ0n) is 8.92. The Morgan fingerprint density at radius 1 is 0.950 bits per heavy atom. The van der Waals surface area contributed by atoms with Crippen molar-refractivity contribution in [2.45, 2.75) is 30.4 Å². The van der Waals surface area contributed by atoms with E-state index in [1.807, 2.05) is 0 Å². The smallest absolute Gasteiger partial charge is 0.460 e. The topological polar surface area (TPSA) is 37.3 Å². The van der Waals surface area contributed by atoms with Gasteiger partial charge in [-0.05, 0) is 0 Å². The van der Waals surface area contributed by atoms with Crippen molar-refractivity contribution in [2.24, 2.45) is 0 Å². The van der Waals surface area contributed by atoms with Gasteiger partial charge in [-0.2, -0.15) is 39.5 Å². The van der Waals surface area contributed by atoms with Crippen LogP contribution in [-0.2, 0) is 4.79 Å².